The summed E-state index contributed by atoms with van der Waals surface area (Å²) in [4.78, 5) is 11.3. The van der Waals surface area contributed by atoms with Crippen molar-refractivity contribution in [3.8, 4) is 0 Å². The number of aliphatic carboxylic acids is 1. The Morgan fingerprint density at radius 3 is 2.67 bits per heavy atom. The van der Waals surface area contributed by atoms with Crippen LogP contribution in [0.3, 0.4) is 0 Å². The molecule has 8 nitrogen and oxygen atoms in total. The molecular weight excluding hydrogens is 164 g/mol. The molecule has 0 saturated carbocycles. The average molecular weight is 172 g/mol. The van der Waals surface area contributed by atoms with Gasteiger partial charge in [0.2, 0.25) is 5.66 Å². The molecule has 0 amide bonds. The predicted molar refractivity (Wildman–Crippen MR) is 37.7 cm³/mol. The molecule has 0 spiro atoms. The number of carbonyl (C=O) groups is 1. The Morgan fingerprint density at radius 1 is 1.75 bits per heavy atom. The molecule has 1 atom stereocenters. The second kappa shape index (κ2) is 2.41. The zero-order chi connectivity index (χ0) is 9.35. The van der Waals surface area contributed by atoms with E-state index in [2.05, 4.69) is 15.4 Å². The Balaban J connectivity index is 3.05. The molecule has 1 heterocycles. The molecule has 1 rings (SSSR count). The van der Waals surface area contributed by atoms with Crippen molar-refractivity contribution in [2.75, 3.05) is 5.73 Å². The van der Waals surface area contributed by atoms with Crippen LogP contribution in [-0.2, 0) is 10.5 Å². The second-order valence-electron chi connectivity index (χ2n) is 2.39. The summed E-state index contributed by atoms with van der Waals surface area (Å²) < 4.78 is 0. The number of hydrogen-bond acceptors (Lipinski definition) is 6. The third-order valence-corrected chi connectivity index (χ3v) is 1.28. The fourth-order valence-corrected chi connectivity index (χ4v) is 0.508. The van der Waals surface area contributed by atoms with E-state index in [1.54, 1.807) is 0 Å². The molecule has 12 heavy (non-hydrogen) atoms. The minimum atomic E-state index is -1.72. The molecular formula is C4H8N6O2. The minimum Gasteiger partial charge on any atom is -0.478 e. The van der Waals surface area contributed by atoms with Crippen LogP contribution >= 0.6 is 0 Å². The van der Waals surface area contributed by atoms with Gasteiger partial charge in [-0.15, -0.1) is 9.90 Å². The third kappa shape index (κ3) is 1.19. The van der Waals surface area contributed by atoms with E-state index in [4.69, 9.17) is 16.6 Å². The lowest BCUT2D eigenvalue weighted by atomic mass is 10.2. The molecule has 0 aromatic carbocycles. The summed E-state index contributed by atoms with van der Waals surface area (Å²) in [6, 6.07) is 0. The molecule has 0 aliphatic rings. The number of nitrogens with zero attached hydrogens (tertiary/aromatic N) is 4. The SMILES string of the molecule is CC(N)(C(=O)O)n1nnc(N)n1. The van der Waals surface area contributed by atoms with Gasteiger partial charge in [0.05, 0.1) is 0 Å². The first-order valence-corrected chi connectivity index (χ1v) is 3.03. The van der Waals surface area contributed by atoms with E-state index >= 15 is 0 Å². The minimum absolute atomic E-state index is 0.118. The second-order valence-corrected chi connectivity index (χ2v) is 2.39. The highest BCUT2D eigenvalue weighted by Crippen LogP contribution is 2.04. The van der Waals surface area contributed by atoms with Gasteiger partial charge in [-0.1, -0.05) is 5.10 Å². The van der Waals surface area contributed by atoms with Crippen LogP contribution < -0.4 is 11.5 Å². The summed E-state index contributed by atoms with van der Waals surface area (Å²) in [5.74, 6) is -1.38. The lowest BCUT2D eigenvalue weighted by Gasteiger charge is -2.15. The molecule has 5 N–H and O–H groups in total. The number of carboxylic acid groups (broad SMARTS) is 1. The summed E-state index contributed by atoms with van der Waals surface area (Å²) >= 11 is 0. The van der Waals surface area contributed by atoms with E-state index in [0.29, 0.717) is 0 Å². The van der Waals surface area contributed by atoms with E-state index in [0.717, 1.165) is 4.80 Å². The number of rotatable bonds is 2. The van der Waals surface area contributed by atoms with E-state index < -0.39 is 11.6 Å². The maximum Gasteiger partial charge on any atom is 0.348 e. The van der Waals surface area contributed by atoms with Crippen molar-refractivity contribution in [1.82, 2.24) is 20.2 Å². The van der Waals surface area contributed by atoms with Crippen molar-refractivity contribution in [3.05, 3.63) is 0 Å². The van der Waals surface area contributed by atoms with Crippen LogP contribution in [0.1, 0.15) is 6.92 Å². The maximum absolute atomic E-state index is 10.5. The Kier molecular flexibility index (Phi) is 1.69. The smallest absolute Gasteiger partial charge is 0.348 e. The van der Waals surface area contributed by atoms with Crippen molar-refractivity contribution in [3.63, 3.8) is 0 Å². The summed E-state index contributed by atoms with van der Waals surface area (Å²) in [6.07, 6.45) is 0. The maximum atomic E-state index is 10.5. The molecule has 0 aliphatic heterocycles. The van der Waals surface area contributed by atoms with Crippen LogP contribution in [0, 0.1) is 0 Å². The largest absolute Gasteiger partial charge is 0.478 e. The number of carboxylic acids is 1. The Morgan fingerprint density at radius 2 is 2.33 bits per heavy atom. The highest BCUT2D eigenvalue weighted by Gasteiger charge is 2.33. The zero-order valence-corrected chi connectivity index (χ0v) is 6.30. The van der Waals surface area contributed by atoms with Crippen molar-refractivity contribution in [1.29, 1.82) is 0 Å². The number of aromatic nitrogens is 4. The number of nitrogen functional groups attached to an aromatic ring is 1. The first kappa shape index (κ1) is 8.40. The van der Waals surface area contributed by atoms with Crippen LogP contribution in [0.2, 0.25) is 0 Å². The van der Waals surface area contributed by atoms with Crippen LogP contribution in [0.15, 0.2) is 0 Å². The van der Waals surface area contributed by atoms with Gasteiger partial charge >= 0.3 is 5.97 Å². The zero-order valence-electron chi connectivity index (χ0n) is 6.30. The lowest BCUT2D eigenvalue weighted by molar-refractivity contribution is -0.147. The number of anilines is 1. The summed E-state index contributed by atoms with van der Waals surface area (Å²) in [5.41, 5.74) is 8.74. The fourth-order valence-electron chi connectivity index (χ4n) is 0.508. The Bertz CT molecular complexity index is 304. The Hall–Kier alpha value is -1.70. The van der Waals surface area contributed by atoms with Crippen LogP contribution in [0.4, 0.5) is 5.95 Å². The van der Waals surface area contributed by atoms with Gasteiger partial charge in [0.15, 0.2) is 0 Å². The van der Waals surface area contributed by atoms with Gasteiger partial charge < -0.3 is 10.8 Å². The van der Waals surface area contributed by atoms with Crippen molar-refractivity contribution in [2.45, 2.75) is 12.6 Å². The highest BCUT2D eigenvalue weighted by atomic mass is 16.4. The topological polar surface area (TPSA) is 133 Å². The summed E-state index contributed by atoms with van der Waals surface area (Å²) in [6.45, 7) is 1.23. The van der Waals surface area contributed by atoms with Gasteiger partial charge in [0.1, 0.15) is 0 Å². The Labute approximate surface area is 67.1 Å². The highest BCUT2D eigenvalue weighted by molar-refractivity contribution is 5.74. The molecule has 0 saturated heterocycles. The van der Waals surface area contributed by atoms with Crippen molar-refractivity contribution < 1.29 is 9.90 Å². The monoisotopic (exact) mass is 172 g/mol. The molecule has 0 fully saturated rings. The molecule has 66 valence electrons. The summed E-state index contributed by atoms with van der Waals surface area (Å²) in [5, 5.41) is 18.7. The first-order valence-electron chi connectivity index (χ1n) is 3.03. The quantitative estimate of drug-likeness (QED) is 0.468. The average Bonchev–Trinajstić information content (AvgIpc) is 2.35. The lowest BCUT2D eigenvalue weighted by Crippen LogP contribution is -2.48. The molecule has 0 bridgehead atoms. The van der Waals surface area contributed by atoms with E-state index in [1.165, 1.54) is 6.92 Å². The van der Waals surface area contributed by atoms with Gasteiger partial charge in [-0.3, -0.25) is 5.73 Å². The molecule has 1 aromatic heterocycles. The van der Waals surface area contributed by atoms with Crippen LogP contribution in [0.25, 0.3) is 0 Å². The van der Waals surface area contributed by atoms with Gasteiger partial charge in [0.25, 0.3) is 5.95 Å². The van der Waals surface area contributed by atoms with Crippen molar-refractivity contribution in [2.24, 2.45) is 5.73 Å². The van der Waals surface area contributed by atoms with Gasteiger partial charge in [0, 0.05) is 0 Å². The third-order valence-electron chi connectivity index (χ3n) is 1.28. The van der Waals surface area contributed by atoms with Gasteiger partial charge in [-0.25, -0.2) is 4.79 Å². The first-order chi connectivity index (χ1) is 5.44. The van der Waals surface area contributed by atoms with E-state index in [1.807, 2.05) is 0 Å². The van der Waals surface area contributed by atoms with Gasteiger partial charge in [-0.05, 0) is 12.1 Å². The summed E-state index contributed by atoms with van der Waals surface area (Å²) in [7, 11) is 0. The normalized spacial score (nSPS) is 15.5. The van der Waals surface area contributed by atoms with Crippen LogP contribution in [0.5, 0.6) is 0 Å². The molecule has 1 aromatic rings. The predicted octanol–water partition coefficient (Wildman–Crippen LogP) is -2.03. The number of tetrazole rings is 1. The van der Waals surface area contributed by atoms with Crippen molar-refractivity contribution >= 4 is 11.9 Å². The van der Waals surface area contributed by atoms with Gasteiger partial charge in [-0.2, -0.15) is 0 Å². The standard InChI is InChI=1S/C4H8N6O2/c1-4(6,2(11)12)10-8-3(5)7-9-10/h6H2,1H3,(H2,5,8)(H,11,12). The van der Waals surface area contributed by atoms with E-state index in [9.17, 15) is 4.79 Å². The number of nitrogens with two attached hydrogens (primary N) is 2. The molecule has 0 aliphatic carbocycles. The van der Waals surface area contributed by atoms with E-state index in [-0.39, 0.29) is 5.95 Å². The fraction of sp³-hybridized carbons (Fsp3) is 0.500. The number of hydrogen-bond donors (Lipinski definition) is 3. The molecule has 0 radical (unpaired) electrons. The molecule has 1 unspecified atom stereocenters. The molecule has 8 heteroatoms. The van der Waals surface area contributed by atoms with Crippen LogP contribution in [-0.4, -0.2) is 31.3 Å².